The second-order valence-electron chi connectivity index (χ2n) is 5.80. The van der Waals surface area contributed by atoms with Crippen LogP contribution in [0, 0.1) is 0 Å². The molecular weight excluding hydrogens is 368 g/mol. The normalized spacial score (nSPS) is 13.4. The number of nitrogens with zero attached hydrogens (tertiary/aromatic N) is 2. The summed E-state index contributed by atoms with van der Waals surface area (Å²) in [6, 6.07) is 2.01. The highest BCUT2D eigenvalue weighted by molar-refractivity contribution is 7.91. The summed E-state index contributed by atoms with van der Waals surface area (Å²) in [5.41, 5.74) is -1.02. The third-order valence-electron chi connectivity index (χ3n) is 3.43. The molecule has 0 aliphatic rings. The fraction of sp³-hybridized carbons (Fsp3) is 0.357. The Balaban J connectivity index is 2.05. The summed E-state index contributed by atoms with van der Waals surface area (Å²) in [6.07, 6.45) is 2.66. The number of anilines is 1. The van der Waals surface area contributed by atoms with E-state index in [4.69, 9.17) is 5.11 Å². The number of hydrogen-bond acceptors (Lipinski definition) is 6. The quantitative estimate of drug-likeness (QED) is 0.652. The van der Waals surface area contributed by atoms with E-state index in [-0.39, 0.29) is 9.90 Å². The van der Waals surface area contributed by atoms with Crippen LogP contribution in [0.4, 0.5) is 5.69 Å². The highest BCUT2D eigenvalue weighted by Gasteiger charge is 2.30. The van der Waals surface area contributed by atoms with Crippen LogP contribution < -0.4 is 10.0 Å². The van der Waals surface area contributed by atoms with Crippen molar-refractivity contribution in [2.24, 2.45) is 0 Å². The van der Waals surface area contributed by atoms with Gasteiger partial charge in [0.1, 0.15) is 4.21 Å². The van der Waals surface area contributed by atoms with Gasteiger partial charge >= 0.3 is 5.97 Å². The van der Waals surface area contributed by atoms with E-state index >= 15 is 0 Å². The Hall–Kier alpha value is -2.24. The highest BCUT2D eigenvalue weighted by atomic mass is 32.2. The van der Waals surface area contributed by atoms with E-state index < -0.39 is 33.5 Å². The monoisotopic (exact) mass is 386 g/mol. The number of carboxylic acid groups (broad SMARTS) is 1. The lowest BCUT2D eigenvalue weighted by Gasteiger charge is -2.19. The second-order valence-corrected chi connectivity index (χ2v) is 8.69. The number of aliphatic carboxylic acids is 1. The topological polar surface area (TPSA) is 130 Å². The van der Waals surface area contributed by atoms with E-state index in [1.807, 2.05) is 0 Å². The molecule has 9 nitrogen and oxygen atoms in total. The highest BCUT2D eigenvalue weighted by Crippen LogP contribution is 2.18. The molecule has 2 aromatic heterocycles. The summed E-state index contributed by atoms with van der Waals surface area (Å²) in [7, 11) is -3.77. The third kappa shape index (κ3) is 4.24. The van der Waals surface area contributed by atoms with Crippen molar-refractivity contribution in [3.8, 4) is 0 Å². The molecule has 0 aromatic carbocycles. The SMILES string of the molecule is CC(NS(=O)(=O)c1cccs1)C(=O)Nc1cnn(C(C)(C)C(=O)O)c1. The van der Waals surface area contributed by atoms with Gasteiger partial charge in [-0.15, -0.1) is 11.3 Å². The predicted molar refractivity (Wildman–Crippen MR) is 91.9 cm³/mol. The lowest BCUT2D eigenvalue weighted by molar-refractivity contribution is -0.146. The van der Waals surface area contributed by atoms with Gasteiger partial charge in [0.05, 0.1) is 17.9 Å². The van der Waals surface area contributed by atoms with Crippen molar-refractivity contribution in [1.29, 1.82) is 0 Å². The van der Waals surface area contributed by atoms with Crippen molar-refractivity contribution in [3.63, 3.8) is 0 Å². The van der Waals surface area contributed by atoms with Crippen LogP contribution in [0.2, 0.25) is 0 Å². The Bertz CT molecular complexity index is 871. The van der Waals surface area contributed by atoms with Crippen molar-refractivity contribution < 1.29 is 23.1 Å². The number of hydrogen-bond donors (Lipinski definition) is 3. The summed E-state index contributed by atoms with van der Waals surface area (Å²) in [4.78, 5) is 23.4. The van der Waals surface area contributed by atoms with Crippen LogP contribution in [0.5, 0.6) is 0 Å². The van der Waals surface area contributed by atoms with Gasteiger partial charge in [0.2, 0.25) is 5.91 Å². The lowest BCUT2D eigenvalue weighted by atomic mass is 10.1. The molecule has 136 valence electrons. The molecule has 0 saturated heterocycles. The maximum Gasteiger partial charge on any atom is 0.331 e. The lowest BCUT2D eigenvalue weighted by Crippen LogP contribution is -2.41. The van der Waals surface area contributed by atoms with Gasteiger partial charge in [-0.1, -0.05) is 6.07 Å². The van der Waals surface area contributed by atoms with E-state index in [1.54, 1.807) is 11.4 Å². The van der Waals surface area contributed by atoms with Crippen molar-refractivity contribution in [2.45, 2.75) is 36.6 Å². The molecule has 1 unspecified atom stereocenters. The van der Waals surface area contributed by atoms with Crippen LogP contribution in [0.15, 0.2) is 34.1 Å². The average Bonchev–Trinajstić information content (AvgIpc) is 3.18. The Labute approximate surface area is 148 Å². The summed E-state index contributed by atoms with van der Waals surface area (Å²) in [5, 5.41) is 17.2. The van der Waals surface area contributed by atoms with Crippen LogP contribution >= 0.6 is 11.3 Å². The first-order valence-corrected chi connectivity index (χ1v) is 9.55. The molecule has 3 N–H and O–H groups in total. The molecule has 0 fully saturated rings. The zero-order valence-corrected chi connectivity index (χ0v) is 15.4. The average molecular weight is 386 g/mol. The fourth-order valence-corrected chi connectivity index (χ4v) is 4.01. The van der Waals surface area contributed by atoms with Gasteiger partial charge in [-0.05, 0) is 32.2 Å². The van der Waals surface area contributed by atoms with E-state index in [1.165, 1.54) is 43.9 Å². The van der Waals surface area contributed by atoms with Gasteiger partial charge in [0.15, 0.2) is 5.54 Å². The van der Waals surface area contributed by atoms with Crippen molar-refractivity contribution >= 4 is 38.9 Å². The summed E-state index contributed by atoms with van der Waals surface area (Å²) < 4.78 is 27.8. The molecular formula is C14H18N4O5S2. The first kappa shape index (κ1) is 19.1. The Morgan fingerprint density at radius 1 is 1.40 bits per heavy atom. The van der Waals surface area contributed by atoms with E-state index in [0.29, 0.717) is 0 Å². The van der Waals surface area contributed by atoms with Crippen molar-refractivity contribution in [1.82, 2.24) is 14.5 Å². The maximum absolute atomic E-state index is 12.2. The predicted octanol–water partition coefficient (Wildman–Crippen LogP) is 1.07. The minimum atomic E-state index is -3.77. The van der Waals surface area contributed by atoms with Crippen LogP contribution in [-0.2, 0) is 25.2 Å². The molecule has 0 aliphatic carbocycles. The number of carbonyl (C=O) groups excluding carboxylic acids is 1. The molecule has 0 radical (unpaired) electrons. The molecule has 1 amide bonds. The number of rotatable bonds is 7. The standard InChI is InChI=1S/C14H18N4O5S2/c1-9(17-25(22,23)11-5-4-6-24-11)12(19)16-10-7-15-18(8-10)14(2,3)13(20)21/h4-9,17H,1-3H3,(H,16,19)(H,20,21). The van der Waals surface area contributed by atoms with Crippen LogP contribution in [0.25, 0.3) is 0 Å². The Kier molecular flexibility index (Phi) is 5.30. The molecule has 0 saturated carbocycles. The number of carbonyl (C=O) groups is 2. The molecule has 2 heterocycles. The minimum absolute atomic E-state index is 0.114. The van der Waals surface area contributed by atoms with E-state index in [9.17, 15) is 18.0 Å². The molecule has 0 bridgehead atoms. The fourth-order valence-electron chi connectivity index (χ4n) is 1.80. The summed E-state index contributed by atoms with van der Waals surface area (Å²) in [5.74, 6) is -1.67. The number of thiophene rings is 1. The van der Waals surface area contributed by atoms with E-state index in [2.05, 4.69) is 15.1 Å². The van der Waals surface area contributed by atoms with E-state index in [0.717, 1.165) is 11.3 Å². The molecule has 11 heteroatoms. The zero-order valence-electron chi connectivity index (χ0n) is 13.8. The Morgan fingerprint density at radius 3 is 2.64 bits per heavy atom. The minimum Gasteiger partial charge on any atom is -0.479 e. The van der Waals surface area contributed by atoms with Gasteiger partial charge in [0.25, 0.3) is 10.0 Å². The summed E-state index contributed by atoms with van der Waals surface area (Å²) >= 11 is 1.05. The number of aromatic nitrogens is 2. The van der Waals surface area contributed by atoms with Crippen LogP contribution in [0.1, 0.15) is 20.8 Å². The molecule has 25 heavy (non-hydrogen) atoms. The van der Waals surface area contributed by atoms with Crippen LogP contribution in [0.3, 0.4) is 0 Å². The molecule has 1 atom stereocenters. The zero-order chi connectivity index (χ0) is 18.8. The van der Waals surface area contributed by atoms with Crippen molar-refractivity contribution in [3.05, 3.63) is 29.9 Å². The summed E-state index contributed by atoms with van der Waals surface area (Å²) in [6.45, 7) is 4.34. The second kappa shape index (κ2) is 6.94. The smallest absolute Gasteiger partial charge is 0.331 e. The van der Waals surface area contributed by atoms with Gasteiger partial charge < -0.3 is 10.4 Å². The number of nitrogens with one attached hydrogen (secondary N) is 2. The number of amides is 1. The number of sulfonamides is 1. The molecule has 0 aliphatic heterocycles. The number of carboxylic acids is 1. The Morgan fingerprint density at radius 2 is 2.08 bits per heavy atom. The molecule has 0 spiro atoms. The maximum atomic E-state index is 12.2. The van der Waals surface area contributed by atoms with Crippen molar-refractivity contribution in [2.75, 3.05) is 5.32 Å². The van der Waals surface area contributed by atoms with Gasteiger partial charge in [-0.2, -0.15) is 9.82 Å². The first-order valence-electron chi connectivity index (χ1n) is 7.19. The largest absolute Gasteiger partial charge is 0.479 e. The molecule has 2 rings (SSSR count). The first-order chi connectivity index (χ1) is 11.5. The van der Waals surface area contributed by atoms with Gasteiger partial charge in [-0.25, -0.2) is 13.2 Å². The van der Waals surface area contributed by atoms with Gasteiger partial charge in [0, 0.05) is 6.20 Å². The third-order valence-corrected chi connectivity index (χ3v) is 6.37. The molecule has 2 aromatic rings. The van der Waals surface area contributed by atoms with Crippen LogP contribution in [-0.4, -0.2) is 41.2 Å². The van der Waals surface area contributed by atoms with Gasteiger partial charge in [-0.3, -0.25) is 9.48 Å².